The van der Waals surface area contributed by atoms with Crippen LogP contribution in [0.25, 0.3) is 0 Å². The summed E-state index contributed by atoms with van der Waals surface area (Å²) < 4.78 is 0. The summed E-state index contributed by atoms with van der Waals surface area (Å²) in [4.78, 5) is 0. The number of rotatable bonds is 6. The summed E-state index contributed by atoms with van der Waals surface area (Å²) >= 11 is 0. The Morgan fingerprint density at radius 1 is 0.840 bits per heavy atom. The number of hydrogen-bond acceptors (Lipinski definition) is 0. The van der Waals surface area contributed by atoms with Crippen molar-refractivity contribution in [2.24, 2.45) is 23.7 Å². The molecule has 2 aliphatic rings. The molecule has 0 nitrogen and oxygen atoms in total. The third kappa shape index (κ3) is 4.89. The average Bonchev–Trinajstić information content (AvgIpc) is 2.63. The summed E-state index contributed by atoms with van der Waals surface area (Å²) in [6.45, 7) is 7.18. The Kier molecular flexibility index (Phi) is 7.02. The van der Waals surface area contributed by atoms with Crippen LogP contribution in [0.2, 0.25) is 0 Å². The highest BCUT2D eigenvalue weighted by atomic mass is 14.4. The summed E-state index contributed by atoms with van der Waals surface area (Å²) in [7, 11) is 0. The van der Waals surface area contributed by atoms with E-state index in [0.717, 1.165) is 29.6 Å². The molecule has 140 valence electrons. The van der Waals surface area contributed by atoms with Gasteiger partial charge < -0.3 is 0 Å². The monoisotopic (exact) mass is 340 g/mol. The zero-order chi connectivity index (χ0) is 17.6. The Hall–Kier alpha value is -0.780. The molecule has 0 N–H and O–H groups in total. The number of hydrogen-bond donors (Lipinski definition) is 0. The van der Waals surface area contributed by atoms with Crippen molar-refractivity contribution in [2.45, 2.75) is 97.3 Å². The molecule has 1 aromatic rings. The summed E-state index contributed by atoms with van der Waals surface area (Å²) in [6, 6.07) is 9.60. The molecule has 2 saturated carbocycles. The maximum Gasteiger partial charge on any atom is -0.0162 e. The molecule has 3 unspecified atom stereocenters. The first-order chi connectivity index (χ1) is 12.2. The molecular weight excluding hydrogens is 300 g/mol. The van der Waals surface area contributed by atoms with Gasteiger partial charge in [0.15, 0.2) is 0 Å². The second-order valence-electron chi connectivity index (χ2n) is 9.21. The van der Waals surface area contributed by atoms with Gasteiger partial charge in [0.05, 0.1) is 0 Å². The van der Waals surface area contributed by atoms with Crippen LogP contribution in [0.4, 0.5) is 0 Å². The molecule has 0 amide bonds. The van der Waals surface area contributed by atoms with Gasteiger partial charge in [0.1, 0.15) is 0 Å². The van der Waals surface area contributed by atoms with Crippen molar-refractivity contribution in [1.29, 1.82) is 0 Å². The minimum atomic E-state index is 0.832. The smallest absolute Gasteiger partial charge is 0.0162 e. The second-order valence-corrected chi connectivity index (χ2v) is 9.21. The molecule has 0 heterocycles. The van der Waals surface area contributed by atoms with Crippen molar-refractivity contribution >= 4 is 0 Å². The lowest BCUT2D eigenvalue weighted by atomic mass is 9.64. The van der Waals surface area contributed by atoms with Gasteiger partial charge in [0.25, 0.3) is 0 Å². The van der Waals surface area contributed by atoms with Crippen LogP contribution in [-0.4, -0.2) is 0 Å². The normalized spacial score (nSPS) is 33.3. The van der Waals surface area contributed by atoms with E-state index in [4.69, 9.17) is 0 Å². The van der Waals surface area contributed by atoms with Gasteiger partial charge >= 0.3 is 0 Å². The Morgan fingerprint density at radius 3 is 2.16 bits per heavy atom. The quantitative estimate of drug-likeness (QED) is 0.496. The number of benzene rings is 1. The van der Waals surface area contributed by atoms with E-state index >= 15 is 0 Å². The van der Waals surface area contributed by atoms with Crippen molar-refractivity contribution < 1.29 is 0 Å². The Bertz CT molecular complexity index is 491. The largest absolute Gasteiger partial charge is 0.0654 e. The average molecular weight is 341 g/mol. The van der Waals surface area contributed by atoms with Gasteiger partial charge in [-0.05, 0) is 85.7 Å². The highest BCUT2D eigenvalue weighted by Gasteiger charge is 2.34. The van der Waals surface area contributed by atoms with E-state index in [1.54, 1.807) is 5.56 Å². The Morgan fingerprint density at radius 2 is 1.56 bits per heavy atom. The van der Waals surface area contributed by atoms with Gasteiger partial charge in [0.2, 0.25) is 0 Å². The van der Waals surface area contributed by atoms with Crippen LogP contribution in [0.1, 0.15) is 102 Å². The van der Waals surface area contributed by atoms with Crippen LogP contribution in [0.5, 0.6) is 0 Å². The van der Waals surface area contributed by atoms with Gasteiger partial charge in [-0.2, -0.15) is 0 Å². The molecule has 2 fully saturated rings. The molecule has 2 aliphatic carbocycles. The molecule has 0 heteroatoms. The highest BCUT2D eigenvalue weighted by molar-refractivity contribution is 5.26. The van der Waals surface area contributed by atoms with E-state index in [1.807, 2.05) is 0 Å². The van der Waals surface area contributed by atoms with E-state index in [0.29, 0.717) is 0 Å². The minimum absolute atomic E-state index is 0.832. The zero-order valence-corrected chi connectivity index (χ0v) is 17.0. The van der Waals surface area contributed by atoms with Crippen LogP contribution in [0, 0.1) is 23.7 Å². The number of aryl methyl sites for hydroxylation is 1. The third-order valence-electron chi connectivity index (χ3n) is 7.41. The van der Waals surface area contributed by atoms with E-state index in [1.165, 1.54) is 76.2 Å². The molecule has 0 bridgehead atoms. The standard InChI is InChI=1S/C25H40/c1-4-6-20-8-11-22(12-9-20)23-13-15-24(16-14-23)25-17-10-21(7-5-2)18-19(25)3/h8-9,11-12,19,21,23-25H,4-7,10,13-18H2,1-3H3. The van der Waals surface area contributed by atoms with Gasteiger partial charge in [-0.15, -0.1) is 0 Å². The molecule has 0 spiro atoms. The maximum absolute atomic E-state index is 2.56. The first kappa shape index (κ1) is 19.0. The van der Waals surface area contributed by atoms with Gasteiger partial charge in [-0.3, -0.25) is 0 Å². The van der Waals surface area contributed by atoms with Crippen molar-refractivity contribution in [1.82, 2.24) is 0 Å². The SMILES string of the molecule is CCCc1ccc(C2CCC(C3CCC(CCC)CC3C)CC2)cc1. The molecule has 3 rings (SSSR count). The van der Waals surface area contributed by atoms with Crippen LogP contribution >= 0.6 is 0 Å². The molecule has 0 saturated heterocycles. The molecule has 0 aromatic heterocycles. The Balaban J connectivity index is 1.50. The van der Waals surface area contributed by atoms with Crippen molar-refractivity contribution in [2.75, 3.05) is 0 Å². The lowest BCUT2D eigenvalue weighted by molar-refractivity contribution is 0.102. The Labute approximate surface area is 156 Å². The fourth-order valence-electron chi connectivity index (χ4n) is 6.03. The lowest BCUT2D eigenvalue weighted by Crippen LogP contribution is -2.31. The molecule has 0 aliphatic heterocycles. The molecule has 0 radical (unpaired) electrons. The summed E-state index contributed by atoms with van der Waals surface area (Å²) in [5.74, 6) is 4.89. The van der Waals surface area contributed by atoms with Gasteiger partial charge in [-0.25, -0.2) is 0 Å². The summed E-state index contributed by atoms with van der Waals surface area (Å²) in [6.07, 6.45) is 15.7. The van der Waals surface area contributed by atoms with Gasteiger partial charge in [-0.1, -0.05) is 70.7 Å². The molecular formula is C25H40. The summed E-state index contributed by atoms with van der Waals surface area (Å²) in [5.41, 5.74) is 3.12. The maximum atomic E-state index is 2.56. The second kappa shape index (κ2) is 9.24. The topological polar surface area (TPSA) is 0 Å². The van der Waals surface area contributed by atoms with Gasteiger partial charge in [0, 0.05) is 0 Å². The van der Waals surface area contributed by atoms with E-state index in [-0.39, 0.29) is 0 Å². The van der Waals surface area contributed by atoms with Crippen molar-refractivity contribution in [3.8, 4) is 0 Å². The fourth-order valence-corrected chi connectivity index (χ4v) is 6.03. The van der Waals surface area contributed by atoms with Crippen LogP contribution < -0.4 is 0 Å². The fraction of sp³-hybridized carbons (Fsp3) is 0.760. The zero-order valence-electron chi connectivity index (χ0n) is 17.0. The van der Waals surface area contributed by atoms with Crippen molar-refractivity contribution in [3.63, 3.8) is 0 Å². The third-order valence-corrected chi connectivity index (χ3v) is 7.41. The predicted octanol–water partition coefficient (Wildman–Crippen LogP) is 7.77. The van der Waals surface area contributed by atoms with Crippen LogP contribution in [0.3, 0.4) is 0 Å². The van der Waals surface area contributed by atoms with Crippen LogP contribution in [0.15, 0.2) is 24.3 Å². The molecule has 1 aromatic carbocycles. The molecule has 3 atom stereocenters. The predicted molar refractivity (Wildman–Crippen MR) is 110 cm³/mol. The van der Waals surface area contributed by atoms with E-state index < -0.39 is 0 Å². The highest BCUT2D eigenvalue weighted by Crippen LogP contribution is 2.46. The molecule has 25 heavy (non-hydrogen) atoms. The first-order valence-electron chi connectivity index (χ1n) is 11.3. The van der Waals surface area contributed by atoms with E-state index in [2.05, 4.69) is 45.0 Å². The van der Waals surface area contributed by atoms with Crippen LogP contribution in [-0.2, 0) is 6.42 Å². The van der Waals surface area contributed by atoms with Crippen molar-refractivity contribution in [3.05, 3.63) is 35.4 Å². The minimum Gasteiger partial charge on any atom is -0.0654 e. The van der Waals surface area contributed by atoms with E-state index in [9.17, 15) is 0 Å². The summed E-state index contributed by atoms with van der Waals surface area (Å²) in [5, 5.41) is 0. The lowest BCUT2D eigenvalue weighted by Gasteiger charge is -2.42. The first-order valence-corrected chi connectivity index (χ1v) is 11.3.